The van der Waals surface area contributed by atoms with E-state index in [1.165, 1.54) is 0 Å². The Kier molecular flexibility index (Phi) is 7.32. The quantitative estimate of drug-likeness (QED) is 0.227. The molecule has 1 rings (SSSR count). The smallest absolute Gasteiger partial charge is 0.222 e. The van der Waals surface area contributed by atoms with Gasteiger partial charge in [-0.05, 0) is 12.8 Å². The summed E-state index contributed by atoms with van der Waals surface area (Å²) in [5.41, 5.74) is 5.70. The molecule has 7 heteroatoms. The first-order valence-corrected chi connectivity index (χ1v) is 7.12. The fourth-order valence-corrected chi connectivity index (χ4v) is 2.53. The molecule has 0 aromatic rings. The first kappa shape index (κ1) is 16.7. The molecule has 116 valence electrons. The Balaban J connectivity index is 2.40. The normalized spacial score (nSPS) is 19.1. The first-order chi connectivity index (χ1) is 9.63. The minimum atomic E-state index is -0.0502. The Morgan fingerprint density at radius 1 is 1.40 bits per heavy atom. The van der Waals surface area contributed by atoms with E-state index in [4.69, 9.17) is 15.7 Å². The third kappa shape index (κ3) is 4.64. The highest BCUT2D eigenvalue weighted by Gasteiger charge is 2.27. The van der Waals surface area contributed by atoms with Crippen LogP contribution in [0.4, 0.5) is 0 Å². The number of ether oxygens (including phenoxy) is 1. The maximum atomic E-state index is 12.0. The Morgan fingerprint density at radius 2 is 2.05 bits per heavy atom. The molecule has 7 nitrogen and oxygen atoms in total. The summed E-state index contributed by atoms with van der Waals surface area (Å²) in [5.74, 6) is 0.422. The van der Waals surface area contributed by atoms with E-state index in [1.807, 2.05) is 11.8 Å². The van der Waals surface area contributed by atoms with Gasteiger partial charge in [0, 0.05) is 46.3 Å². The van der Waals surface area contributed by atoms with Crippen molar-refractivity contribution in [2.45, 2.75) is 32.2 Å². The predicted octanol–water partition coefficient (Wildman–Crippen LogP) is 0.0822. The van der Waals surface area contributed by atoms with Gasteiger partial charge in [0.1, 0.15) is 0 Å². The van der Waals surface area contributed by atoms with Gasteiger partial charge in [0.25, 0.3) is 0 Å². The fraction of sp³-hybridized carbons (Fsp3) is 0.846. The molecule has 1 saturated heterocycles. The third-order valence-electron chi connectivity index (χ3n) is 3.69. The molecule has 0 bridgehead atoms. The van der Waals surface area contributed by atoms with Gasteiger partial charge < -0.3 is 20.6 Å². The molecule has 0 saturated carbocycles. The lowest BCUT2D eigenvalue weighted by molar-refractivity contribution is -0.133. The number of carbonyl (C=O) groups is 1. The van der Waals surface area contributed by atoms with Crippen molar-refractivity contribution >= 4 is 11.7 Å². The molecular formula is C13H26N4O3. The van der Waals surface area contributed by atoms with Gasteiger partial charge in [-0.15, -0.1) is 0 Å². The van der Waals surface area contributed by atoms with Crippen LogP contribution < -0.4 is 5.73 Å². The summed E-state index contributed by atoms with van der Waals surface area (Å²) in [7, 11) is 1.64. The number of oxime groups is 1. The fourth-order valence-electron chi connectivity index (χ4n) is 2.53. The largest absolute Gasteiger partial charge is 0.409 e. The van der Waals surface area contributed by atoms with Gasteiger partial charge in [0.15, 0.2) is 5.84 Å². The second kappa shape index (κ2) is 8.76. The predicted molar refractivity (Wildman–Crippen MR) is 76.8 cm³/mol. The summed E-state index contributed by atoms with van der Waals surface area (Å²) in [6.07, 6.45) is 2.08. The van der Waals surface area contributed by atoms with E-state index in [0.717, 1.165) is 25.9 Å². The number of hydrogen-bond acceptors (Lipinski definition) is 5. The number of hydrogen-bond donors (Lipinski definition) is 2. The minimum Gasteiger partial charge on any atom is -0.409 e. The highest BCUT2D eigenvalue weighted by atomic mass is 16.5. The van der Waals surface area contributed by atoms with Crippen LogP contribution in [-0.2, 0) is 9.53 Å². The van der Waals surface area contributed by atoms with Gasteiger partial charge >= 0.3 is 0 Å². The van der Waals surface area contributed by atoms with Crippen molar-refractivity contribution < 1.29 is 14.7 Å². The molecule has 0 aromatic heterocycles. The number of nitrogens with two attached hydrogens (primary N) is 1. The van der Waals surface area contributed by atoms with Crippen molar-refractivity contribution in [3.63, 3.8) is 0 Å². The Labute approximate surface area is 120 Å². The number of piperazine rings is 1. The molecule has 1 aliphatic heterocycles. The monoisotopic (exact) mass is 286 g/mol. The highest BCUT2D eigenvalue weighted by molar-refractivity contribution is 5.85. The van der Waals surface area contributed by atoms with E-state index in [-0.39, 0.29) is 17.8 Å². The van der Waals surface area contributed by atoms with E-state index < -0.39 is 0 Å². The molecule has 3 N–H and O–H groups in total. The lowest BCUT2D eigenvalue weighted by atomic mass is 10.1. The van der Waals surface area contributed by atoms with Crippen molar-refractivity contribution in [3.05, 3.63) is 0 Å². The average Bonchev–Trinajstić information content (AvgIpc) is 2.48. The van der Waals surface area contributed by atoms with Gasteiger partial charge in [0.05, 0.1) is 6.04 Å². The topological polar surface area (TPSA) is 91.4 Å². The summed E-state index contributed by atoms with van der Waals surface area (Å²) in [6.45, 7) is 5.52. The number of carbonyl (C=O) groups excluding carboxylic acids is 1. The van der Waals surface area contributed by atoms with E-state index >= 15 is 0 Å². The Morgan fingerprint density at radius 3 is 2.55 bits per heavy atom. The first-order valence-electron chi connectivity index (χ1n) is 7.12. The van der Waals surface area contributed by atoms with Gasteiger partial charge in [-0.25, -0.2) is 0 Å². The highest BCUT2D eigenvalue weighted by Crippen LogP contribution is 2.11. The summed E-state index contributed by atoms with van der Waals surface area (Å²) in [6, 6.07) is -0.0502. The number of nitrogens with zero attached hydrogens (tertiary/aromatic N) is 3. The van der Waals surface area contributed by atoms with E-state index in [1.54, 1.807) is 7.11 Å². The molecule has 1 unspecified atom stereocenters. The molecular weight excluding hydrogens is 260 g/mol. The average molecular weight is 286 g/mol. The van der Waals surface area contributed by atoms with Crippen LogP contribution in [0.25, 0.3) is 0 Å². The summed E-state index contributed by atoms with van der Waals surface area (Å²) >= 11 is 0. The van der Waals surface area contributed by atoms with Crippen molar-refractivity contribution in [1.29, 1.82) is 0 Å². The summed E-state index contributed by atoms with van der Waals surface area (Å²) in [4.78, 5) is 16.0. The van der Waals surface area contributed by atoms with Crippen LogP contribution in [0, 0.1) is 0 Å². The second-order valence-corrected chi connectivity index (χ2v) is 4.96. The summed E-state index contributed by atoms with van der Waals surface area (Å²) in [5, 5.41) is 11.9. The van der Waals surface area contributed by atoms with Crippen molar-refractivity contribution in [2.75, 3.05) is 39.9 Å². The lowest BCUT2D eigenvalue weighted by Crippen LogP contribution is -2.55. The molecule has 1 heterocycles. The lowest BCUT2D eigenvalue weighted by Gasteiger charge is -2.38. The molecule has 1 aliphatic rings. The van der Waals surface area contributed by atoms with Gasteiger partial charge in [-0.2, -0.15) is 0 Å². The maximum absolute atomic E-state index is 12.0. The van der Waals surface area contributed by atoms with Crippen LogP contribution >= 0.6 is 0 Å². The van der Waals surface area contributed by atoms with Crippen molar-refractivity contribution in [3.8, 4) is 0 Å². The summed E-state index contributed by atoms with van der Waals surface area (Å²) < 4.78 is 4.95. The number of amides is 1. The molecule has 0 radical (unpaired) electrons. The standard InChI is InChI=1S/C13H26N4O3/c1-3-11(13(14)15-19)16-6-8-17(9-7-16)12(18)5-4-10-20-2/h11,19H,3-10H2,1-2H3,(H2,14,15). The van der Waals surface area contributed by atoms with E-state index in [0.29, 0.717) is 26.1 Å². The van der Waals surface area contributed by atoms with Gasteiger partial charge in [0.2, 0.25) is 5.91 Å². The van der Waals surface area contributed by atoms with Crippen molar-refractivity contribution in [2.24, 2.45) is 10.9 Å². The molecule has 20 heavy (non-hydrogen) atoms. The second-order valence-electron chi connectivity index (χ2n) is 4.96. The zero-order valence-corrected chi connectivity index (χ0v) is 12.4. The van der Waals surface area contributed by atoms with Crippen LogP contribution in [0.1, 0.15) is 26.2 Å². The van der Waals surface area contributed by atoms with Crippen LogP contribution in [0.2, 0.25) is 0 Å². The molecule has 1 amide bonds. The Hall–Kier alpha value is -1.34. The van der Waals surface area contributed by atoms with Crippen molar-refractivity contribution in [1.82, 2.24) is 9.80 Å². The minimum absolute atomic E-state index is 0.0502. The maximum Gasteiger partial charge on any atom is 0.222 e. The third-order valence-corrected chi connectivity index (χ3v) is 3.69. The molecule has 0 aromatic carbocycles. The van der Waals surface area contributed by atoms with Crippen LogP contribution in [0.3, 0.4) is 0 Å². The number of methoxy groups -OCH3 is 1. The molecule has 1 atom stereocenters. The van der Waals surface area contributed by atoms with Crippen LogP contribution in [0.5, 0.6) is 0 Å². The zero-order valence-electron chi connectivity index (χ0n) is 12.4. The number of amidine groups is 1. The van der Waals surface area contributed by atoms with E-state index in [9.17, 15) is 4.79 Å². The SMILES string of the molecule is CCC(C(N)=NO)N1CCN(C(=O)CCCOC)CC1. The number of rotatable bonds is 7. The molecule has 0 spiro atoms. The molecule has 0 aliphatic carbocycles. The van der Waals surface area contributed by atoms with Crippen LogP contribution in [0.15, 0.2) is 5.16 Å². The Bertz CT molecular complexity index is 328. The zero-order chi connectivity index (χ0) is 15.0. The van der Waals surface area contributed by atoms with E-state index in [2.05, 4.69) is 10.1 Å². The molecule has 1 fully saturated rings. The van der Waals surface area contributed by atoms with Gasteiger partial charge in [-0.1, -0.05) is 12.1 Å². The van der Waals surface area contributed by atoms with Gasteiger partial charge in [-0.3, -0.25) is 9.69 Å². The van der Waals surface area contributed by atoms with Crippen LogP contribution in [-0.4, -0.2) is 72.7 Å².